The lowest BCUT2D eigenvalue weighted by Gasteiger charge is -2.08. The van der Waals surface area contributed by atoms with E-state index in [0.29, 0.717) is 4.21 Å². The summed E-state index contributed by atoms with van der Waals surface area (Å²) in [5.74, 6) is 0. The zero-order valence-electron chi connectivity index (χ0n) is 10.9. The van der Waals surface area contributed by atoms with E-state index < -0.39 is 10.0 Å². The lowest BCUT2D eigenvalue weighted by molar-refractivity contribution is 0.583. The molecule has 7 heteroatoms. The van der Waals surface area contributed by atoms with E-state index in [-0.39, 0.29) is 6.54 Å². The van der Waals surface area contributed by atoms with E-state index >= 15 is 0 Å². The third-order valence-corrected chi connectivity index (χ3v) is 6.50. The summed E-state index contributed by atoms with van der Waals surface area (Å²) >= 11 is 2.74. The Morgan fingerprint density at radius 1 is 1.05 bits per heavy atom. The lowest BCUT2D eigenvalue weighted by atomic mass is 10.1. The van der Waals surface area contributed by atoms with Crippen LogP contribution in [-0.4, -0.2) is 13.4 Å². The fraction of sp³-hybridized carbons (Fsp3) is 0.0714. The highest BCUT2D eigenvalue weighted by Crippen LogP contribution is 2.26. The van der Waals surface area contributed by atoms with Crippen molar-refractivity contribution in [1.29, 1.82) is 0 Å². The van der Waals surface area contributed by atoms with Gasteiger partial charge in [-0.1, -0.05) is 30.3 Å². The van der Waals surface area contributed by atoms with Gasteiger partial charge in [-0.15, -0.1) is 22.7 Å². The number of aromatic nitrogens is 1. The highest BCUT2D eigenvalue weighted by molar-refractivity contribution is 7.91. The van der Waals surface area contributed by atoms with Gasteiger partial charge in [0.05, 0.1) is 0 Å². The van der Waals surface area contributed by atoms with Crippen molar-refractivity contribution in [2.75, 3.05) is 0 Å². The first-order valence-corrected chi connectivity index (χ1v) is 9.42. The summed E-state index contributed by atoms with van der Waals surface area (Å²) in [5, 5.41) is 4.54. The molecule has 3 rings (SSSR count). The number of nitrogens with zero attached hydrogens (tertiary/aromatic N) is 1. The smallest absolute Gasteiger partial charge is 0.245 e. The molecular formula is C14H12N2O2S3. The number of sulfonamides is 1. The van der Waals surface area contributed by atoms with Gasteiger partial charge in [0.25, 0.3) is 0 Å². The number of thiophene rings is 1. The van der Waals surface area contributed by atoms with Crippen LogP contribution >= 0.6 is 22.7 Å². The molecule has 0 radical (unpaired) electrons. The summed E-state index contributed by atoms with van der Waals surface area (Å²) in [6.07, 6.45) is 1.74. The second-order valence-electron chi connectivity index (χ2n) is 4.25. The van der Waals surface area contributed by atoms with E-state index in [9.17, 15) is 8.42 Å². The van der Waals surface area contributed by atoms with E-state index in [0.717, 1.165) is 16.1 Å². The van der Waals surface area contributed by atoms with Crippen LogP contribution in [0.15, 0.2) is 57.6 Å². The molecule has 0 saturated heterocycles. The quantitative estimate of drug-likeness (QED) is 0.777. The summed E-state index contributed by atoms with van der Waals surface area (Å²) in [6, 6.07) is 11.0. The Bertz CT molecular complexity index is 810. The van der Waals surface area contributed by atoms with Gasteiger partial charge >= 0.3 is 0 Å². The Morgan fingerprint density at radius 2 is 1.90 bits per heavy atom. The number of rotatable bonds is 5. The van der Waals surface area contributed by atoms with Gasteiger partial charge in [-0.3, -0.25) is 0 Å². The van der Waals surface area contributed by atoms with Crippen molar-refractivity contribution in [3.8, 4) is 10.6 Å². The molecule has 1 N–H and O–H groups in total. The van der Waals surface area contributed by atoms with Crippen LogP contribution in [0, 0.1) is 0 Å². The SMILES string of the molecule is O=S(=O)(NCc1ccccc1-c1nccs1)c1cccs1. The van der Waals surface area contributed by atoms with Crippen molar-refractivity contribution in [3.05, 3.63) is 58.9 Å². The minimum Gasteiger partial charge on any atom is -0.245 e. The molecule has 0 aliphatic rings. The van der Waals surface area contributed by atoms with E-state index in [2.05, 4.69) is 9.71 Å². The predicted molar refractivity (Wildman–Crippen MR) is 85.9 cm³/mol. The van der Waals surface area contributed by atoms with Crippen molar-refractivity contribution in [3.63, 3.8) is 0 Å². The molecule has 2 heterocycles. The maximum Gasteiger partial charge on any atom is 0.250 e. The summed E-state index contributed by atoms with van der Waals surface area (Å²) < 4.78 is 27.3. The van der Waals surface area contributed by atoms with Gasteiger partial charge in [-0.25, -0.2) is 18.1 Å². The van der Waals surface area contributed by atoms with Gasteiger partial charge in [0.2, 0.25) is 10.0 Å². The van der Waals surface area contributed by atoms with E-state index in [1.807, 2.05) is 29.6 Å². The van der Waals surface area contributed by atoms with Crippen molar-refractivity contribution in [2.24, 2.45) is 0 Å². The van der Waals surface area contributed by atoms with Crippen molar-refractivity contribution < 1.29 is 8.42 Å². The van der Waals surface area contributed by atoms with Crippen LogP contribution in [0.3, 0.4) is 0 Å². The van der Waals surface area contributed by atoms with Gasteiger partial charge in [-0.05, 0) is 17.0 Å². The Morgan fingerprint density at radius 3 is 2.62 bits per heavy atom. The normalized spacial score (nSPS) is 11.6. The third-order valence-electron chi connectivity index (χ3n) is 2.89. The summed E-state index contributed by atoms with van der Waals surface area (Å²) in [7, 11) is -3.45. The third kappa shape index (κ3) is 3.21. The Hall–Kier alpha value is -1.54. The molecule has 1 aromatic carbocycles. The first-order chi connectivity index (χ1) is 10.2. The monoisotopic (exact) mass is 336 g/mol. The fourth-order valence-corrected chi connectivity index (χ4v) is 4.64. The molecule has 0 spiro atoms. The highest BCUT2D eigenvalue weighted by atomic mass is 32.2. The zero-order chi connectivity index (χ0) is 14.7. The van der Waals surface area contributed by atoms with Crippen molar-refractivity contribution in [1.82, 2.24) is 9.71 Å². The van der Waals surface area contributed by atoms with Crippen molar-refractivity contribution in [2.45, 2.75) is 10.8 Å². The summed E-state index contributed by atoms with van der Waals surface area (Å²) in [4.78, 5) is 4.28. The van der Waals surface area contributed by atoms with Crippen LogP contribution in [0.1, 0.15) is 5.56 Å². The lowest BCUT2D eigenvalue weighted by Crippen LogP contribution is -2.22. The van der Waals surface area contributed by atoms with Crippen LogP contribution in [0.2, 0.25) is 0 Å². The zero-order valence-corrected chi connectivity index (χ0v) is 13.3. The largest absolute Gasteiger partial charge is 0.250 e. The maximum absolute atomic E-state index is 12.2. The first-order valence-electron chi connectivity index (χ1n) is 6.18. The molecule has 0 bridgehead atoms. The number of hydrogen-bond donors (Lipinski definition) is 1. The summed E-state index contributed by atoms with van der Waals surface area (Å²) in [6.45, 7) is 0.246. The van der Waals surface area contributed by atoms with Gasteiger partial charge in [0.1, 0.15) is 9.22 Å². The molecule has 0 saturated carbocycles. The molecule has 0 fully saturated rings. The average Bonchev–Trinajstić information content (AvgIpc) is 3.18. The molecule has 3 aromatic rings. The van der Waals surface area contributed by atoms with Crippen LogP contribution in [0.25, 0.3) is 10.6 Å². The first kappa shape index (κ1) is 14.4. The standard InChI is InChI=1S/C14H12N2O2S3/c17-21(18,13-6-3-8-19-13)16-10-11-4-1-2-5-12(11)14-15-7-9-20-14/h1-9,16H,10H2. The highest BCUT2D eigenvalue weighted by Gasteiger charge is 2.16. The molecule has 21 heavy (non-hydrogen) atoms. The number of benzene rings is 1. The van der Waals surface area contributed by atoms with E-state index in [1.165, 1.54) is 22.7 Å². The molecule has 0 amide bonds. The minimum atomic E-state index is -3.45. The van der Waals surface area contributed by atoms with Gasteiger partial charge < -0.3 is 0 Å². The van der Waals surface area contributed by atoms with Gasteiger partial charge in [-0.2, -0.15) is 0 Å². The fourth-order valence-electron chi connectivity index (χ4n) is 1.90. The Balaban J connectivity index is 1.84. The van der Waals surface area contributed by atoms with Crippen molar-refractivity contribution >= 4 is 32.7 Å². The average molecular weight is 336 g/mol. The maximum atomic E-state index is 12.2. The van der Waals surface area contributed by atoms with Crippen LogP contribution in [-0.2, 0) is 16.6 Å². The van der Waals surface area contributed by atoms with E-state index in [4.69, 9.17) is 0 Å². The van der Waals surface area contributed by atoms with Gasteiger partial charge in [0, 0.05) is 23.7 Å². The number of nitrogens with one attached hydrogen (secondary N) is 1. The molecule has 0 aliphatic heterocycles. The molecule has 0 unspecified atom stereocenters. The summed E-state index contributed by atoms with van der Waals surface area (Å²) in [5.41, 5.74) is 1.87. The predicted octanol–water partition coefficient (Wildman–Crippen LogP) is 3.35. The topological polar surface area (TPSA) is 59.1 Å². The molecule has 0 atom stereocenters. The molecule has 0 aliphatic carbocycles. The molecule has 4 nitrogen and oxygen atoms in total. The Labute approximate surface area is 131 Å². The van der Waals surface area contributed by atoms with Crippen LogP contribution < -0.4 is 4.72 Å². The second-order valence-corrected chi connectivity index (χ2v) is 8.09. The van der Waals surface area contributed by atoms with Crippen LogP contribution in [0.5, 0.6) is 0 Å². The molecular weight excluding hydrogens is 324 g/mol. The van der Waals surface area contributed by atoms with Gasteiger partial charge in [0.15, 0.2) is 0 Å². The molecule has 2 aromatic heterocycles. The van der Waals surface area contributed by atoms with E-state index in [1.54, 1.807) is 23.7 Å². The second kappa shape index (κ2) is 6.07. The number of hydrogen-bond acceptors (Lipinski definition) is 5. The molecule has 108 valence electrons. The minimum absolute atomic E-state index is 0.246. The Kier molecular flexibility index (Phi) is 4.16. The number of thiazole rings is 1. The van der Waals surface area contributed by atoms with Crippen LogP contribution in [0.4, 0.5) is 0 Å².